The summed E-state index contributed by atoms with van der Waals surface area (Å²) in [5.74, 6) is -0.986. The number of carboxylic acids is 1. The summed E-state index contributed by atoms with van der Waals surface area (Å²) in [4.78, 5) is 20.4. The quantitative estimate of drug-likeness (QED) is 0.198. The van der Waals surface area contributed by atoms with Crippen molar-refractivity contribution in [1.82, 2.24) is 5.32 Å². The maximum atomic E-state index is 11.4. The van der Waals surface area contributed by atoms with E-state index >= 15 is 0 Å². The number of primary amides is 1. The van der Waals surface area contributed by atoms with Gasteiger partial charge in [0.05, 0.1) is 0 Å². The molecule has 0 radical (unpaired) electrons. The molecule has 0 aliphatic heterocycles. The zero-order valence-electron chi connectivity index (χ0n) is 15.3. The molecule has 0 aromatic heterocycles. The molecule has 0 saturated carbocycles. The monoisotopic (exact) mass is 344 g/mol. The van der Waals surface area contributed by atoms with Crippen LogP contribution in [0.25, 0.3) is 0 Å². The summed E-state index contributed by atoms with van der Waals surface area (Å²) < 4.78 is 0. The van der Waals surface area contributed by atoms with Gasteiger partial charge in [-0.1, -0.05) is 51.9 Å². The van der Waals surface area contributed by atoms with Crippen LogP contribution in [0.1, 0.15) is 78.1 Å². The molecule has 0 saturated heterocycles. The van der Waals surface area contributed by atoms with Crippen LogP contribution >= 0.6 is 0 Å². The number of nitrogens with one attached hydrogen (secondary N) is 2. The first kappa shape index (κ1) is 24.5. The topological polar surface area (TPSA) is 142 Å². The second-order valence-electron chi connectivity index (χ2n) is 6.01. The third kappa shape index (κ3) is 22.5. The Bertz CT molecular complexity index is 345. The van der Waals surface area contributed by atoms with Gasteiger partial charge < -0.3 is 21.9 Å². The summed E-state index contributed by atoms with van der Waals surface area (Å²) in [6.07, 6.45) is 11.1. The van der Waals surface area contributed by atoms with Gasteiger partial charge in [0.2, 0.25) is 5.91 Å². The van der Waals surface area contributed by atoms with E-state index in [0.717, 1.165) is 39.0 Å². The minimum absolute atomic E-state index is 0.00327. The third-order valence-electron chi connectivity index (χ3n) is 3.60. The molecule has 1 unspecified atom stereocenters. The minimum atomic E-state index is -0.833. The van der Waals surface area contributed by atoms with E-state index in [9.17, 15) is 4.79 Å². The van der Waals surface area contributed by atoms with Gasteiger partial charge in [0.1, 0.15) is 0 Å². The van der Waals surface area contributed by atoms with E-state index < -0.39 is 5.97 Å². The van der Waals surface area contributed by atoms with Gasteiger partial charge in [-0.2, -0.15) is 0 Å². The van der Waals surface area contributed by atoms with Gasteiger partial charge in [-0.3, -0.25) is 15.0 Å². The lowest BCUT2D eigenvalue weighted by molar-refractivity contribution is -0.134. The lowest BCUT2D eigenvalue weighted by Gasteiger charge is -2.13. The van der Waals surface area contributed by atoms with Gasteiger partial charge in [-0.15, -0.1) is 0 Å². The molecule has 1 atom stereocenters. The Labute approximate surface area is 146 Å². The fourth-order valence-electron chi connectivity index (χ4n) is 2.34. The minimum Gasteiger partial charge on any atom is -0.481 e. The van der Waals surface area contributed by atoms with E-state index in [1.54, 1.807) is 0 Å². The van der Waals surface area contributed by atoms with Crippen LogP contribution in [0.5, 0.6) is 0 Å². The van der Waals surface area contributed by atoms with Crippen molar-refractivity contribution in [3.05, 3.63) is 0 Å². The molecule has 7 heteroatoms. The Morgan fingerprint density at radius 1 is 1.00 bits per heavy atom. The molecule has 0 heterocycles. The van der Waals surface area contributed by atoms with Crippen LogP contribution in [0.2, 0.25) is 0 Å². The second-order valence-corrected chi connectivity index (χ2v) is 6.01. The Morgan fingerprint density at radius 2 is 1.46 bits per heavy atom. The Balaban J connectivity index is 0. The van der Waals surface area contributed by atoms with Crippen LogP contribution in [-0.4, -0.2) is 29.5 Å². The van der Waals surface area contributed by atoms with Crippen molar-refractivity contribution >= 4 is 17.8 Å². The Kier molecular flexibility index (Phi) is 17.9. The number of aliphatic carboxylic acids is 1. The van der Waals surface area contributed by atoms with Crippen molar-refractivity contribution in [2.45, 2.75) is 78.1 Å². The van der Waals surface area contributed by atoms with Crippen molar-refractivity contribution in [3.8, 4) is 0 Å². The number of guanidine groups is 1. The molecule has 0 aromatic carbocycles. The van der Waals surface area contributed by atoms with E-state index in [1.165, 1.54) is 32.1 Å². The molecular weight excluding hydrogens is 308 g/mol. The molecule has 1 amide bonds. The summed E-state index contributed by atoms with van der Waals surface area (Å²) in [5.41, 5.74) is 10.6. The largest absolute Gasteiger partial charge is 0.481 e. The zero-order valence-corrected chi connectivity index (χ0v) is 15.3. The van der Waals surface area contributed by atoms with Crippen LogP contribution in [0.4, 0.5) is 0 Å². The lowest BCUT2D eigenvalue weighted by atomic mass is 9.94. The average molecular weight is 344 g/mol. The maximum absolute atomic E-state index is 11.4. The van der Waals surface area contributed by atoms with Gasteiger partial charge in [0.15, 0.2) is 5.96 Å². The predicted octanol–water partition coefficient (Wildman–Crippen LogP) is 2.58. The fraction of sp³-hybridized carbons (Fsp3) is 0.824. The summed E-state index contributed by atoms with van der Waals surface area (Å²) in [5, 5.41) is 17.2. The van der Waals surface area contributed by atoms with Crippen LogP contribution in [0.3, 0.4) is 0 Å². The summed E-state index contributed by atoms with van der Waals surface area (Å²) >= 11 is 0. The first-order valence-electron chi connectivity index (χ1n) is 8.88. The number of carbonyl (C=O) groups excluding carboxylic acids is 1. The number of hydrogen-bond donors (Lipinski definition) is 5. The number of nitrogens with two attached hydrogens (primary N) is 2. The summed E-state index contributed by atoms with van der Waals surface area (Å²) in [7, 11) is 0. The first-order chi connectivity index (χ1) is 11.3. The van der Waals surface area contributed by atoms with E-state index in [2.05, 4.69) is 12.2 Å². The van der Waals surface area contributed by atoms with Crippen LogP contribution in [0, 0.1) is 11.3 Å². The van der Waals surface area contributed by atoms with Gasteiger partial charge in [0.25, 0.3) is 5.97 Å². The standard InChI is InChI=1S/C15H32N4O.C2H4O2/c1-2-3-4-5-6-7-10-13(14(16)20)11-8-9-12-19-15(17)18;1-2(3)4/h13H,2-12H2,1H3,(H2,16,20)(H4,17,18,19);1H3,(H,3,4). The molecule has 0 fully saturated rings. The maximum Gasteiger partial charge on any atom is 0.300 e. The number of carbonyl (C=O) groups is 2. The number of unbranched alkanes of at least 4 members (excludes halogenated alkanes) is 6. The molecule has 0 bridgehead atoms. The molecule has 0 aliphatic rings. The van der Waals surface area contributed by atoms with E-state index in [-0.39, 0.29) is 17.8 Å². The van der Waals surface area contributed by atoms with Gasteiger partial charge in [-0.05, 0) is 19.3 Å². The van der Waals surface area contributed by atoms with Crippen molar-refractivity contribution in [2.75, 3.05) is 6.54 Å². The summed E-state index contributed by atoms with van der Waals surface area (Å²) in [6, 6.07) is 0. The molecule has 7 N–H and O–H groups in total. The lowest BCUT2D eigenvalue weighted by Crippen LogP contribution is -2.31. The average Bonchev–Trinajstić information content (AvgIpc) is 2.47. The predicted molar refractivity (Wildman–Crippen MR) is 97.8 cm³/mol. The highest BCUT2D eigenvalue weighted by Crippen LogP contribution is 2.17. The number of rotatable bonds is 13. The van der Waals surface area contributed by atoms with Gasteiger partial charge >= 0.3 is 0 Å². The molecule has 0 rings (SSSR count). The third-order valence-corrected chi connectivity index (χ3v) is 3.60. The molecule has 7 nitrogen and oxygen atoms in total. The Morgan fingerprint density at radius 3 is 1.92 bits per heavy atom. The molecule has 142 valence electrons. The molecule has 24 heavy (non-hydrogen) atoms. The van der Waals surface area contributed by atoms with Crippen LogP contribution in [-0.2, 0) is 9.59 Å². The summed E-state index contributed by atoms with van der Waals surface area (Å²) in [6.45, 7) is 3.99. The highest BCUT2D eigenvalue weighted by atomic mass is 16.4. The van der Waals surface area contributed by atoms with Gasteiger partial charge in [0, 0.05) is 19.4 Å². The highest BCUT2D eigenvalue weighted by Gasteiger charge is 2.14. The molecule has 0 aromatic rings. The van der Waals surface area contributed by atoms with E-state index in [4.69, 9.17) is 26.8 Å². The van der Waals surface area contributed by atoms with Crippen molar-refractivity contribution in [1.29, 1.82) is 5.41 Å². The van der Waals surface area contributed by atoms with Gasteiger partial charge in [-0.25, -0.2) is 0 Å². The van der Waals surface area contributed by atoms with Crippen molar-refractivity contribution in [2.24, 2.45) is 17.4 Å². The highest BCUT2D eigenvalue weighted by molar-refractivity contribution is 5.76. The van der Waals surface area contributed by atoms with Crippen molar-refractivity contribution < 1.29 is 14.7 Å². The first-order valence-corrected chi connectivity index (χ1v) is 8.88. The molecular formula is C17H36N4O3. The Hall–Kier alpha value is -1.79. The molecule has 0 spiro atoms. The SMILES string of the molecule is CC(=O)O.CCCCCCCCC(CCCCNC(=N)N)C(N)=O. The molecule has 0 aliphatic carbocycles. The van der Waals surface area contributed by atoms with E-state index in [0.29, 0.717) is 6.54 Å². The number of amides is 1. The zero-order chi connectivity index (χ0) is 18.8. The second kappa shape index (κ2) is 17.6. The number of hydrogen-bond acceptors (Lipinski definition) is 3. The van der Waals surface area contributed by atoms with Crippen LogP contribution < -0.4 is 16.8 Å². The normalized spacial score (nSPS) is 11.1. The fourth-order valence-corrected chi connectivity index (χ4v) is 2.34. The van der Waals surface area contributed by atoms with Crippen LogP contribution in [0.15, 0.2) is 0 Å². The van der Waals surface area contributed by atoms with E-state index in [1.807, 2.05) is 0 Å². The number of carboxylic acid groups (broad SMARTS) is 1. The smallest absolute Gasteiger partial charge is 0.300 e. The van der Waals surface area contributed by atoms with Crippen molar-refractivity contribution in [3.63, 3.8) is 0 Å².